The summed E-state index contributed by atoms with van der Waals surface area (Å²) in [6.45, 7) is 0.0952. The summed E-state index contributed by atoms with van der Waals surface area (Å²) < 4.78 is 2.73. The molecule has 0 saturated carbocycles. The van der Waals surface area contributed by atoms with E-state index in [1.165, 1.54) is 17.8 Å². The fourth-order valence-corrected chi connectivity index (χ4v) is 4.63. The van der Waals surface area contributed by atoms with Crippen LogP contribution < -0.4 is 5.32 Å². The van der Waals surface area contributed by atoms with Crippen molar-refractivity contribution in [3.05, 3.63) is 104 Å². The zero-order valence-electron chi connectivity index (χ0n) is 17.5. The molecule has 0 spiro atoms. The molecule has 10 heteroatoms. The Kier molecular flexibility index (Phi) is 8.05. The molecule has 0 unspecified atom stereocenters. The zero-order valence-corrected chi connectivity index (χ0v) is 21.5. The van der Waals surface area contributed by atoms with Crippen molar-refractivity contribution in [2.45, 2.75) is 11.7 Å². The number of aromatic nitrogens is 3. The van der Waals surface area contributed by atoms with Crippen LogP contribution in [0.1, 0.15) is 26.5 Å². The van der Waals surface area contributed by atoms with Gasteiger partial charge in [-0.2, -0.15) is 0 Å². The van der Waals surface area contributed by atoms with Gasteiger partial charge in [0.15, 0.2) is 16.8 Å². The summed E-state index contributed by atoms with van der Waals surface area (Å²) in [5.74, 6) is 0.305. The fourth-order valence-electron chi connectivity index (χ4n) is 3.12. The van der Waals surface area contributed by atoms with E-state index in [4.69, 9.17) is 23.2 Å². The summed E-state index contributed by atoms with van der Waals surface area (Å²) in [5.41, 5.74) is 1.70. The molecule has 1 N–H and O–H groups in total. The molecule has 0 aliphatic heterocycles. The maximum absolute atomic E-state index is 12.7. The highest BCUT2D eigenvalue weighted by molar-refractivity contribution is 9.10. The molecule has 0 saturated heterocycles. The van der Waals surface area contributed by atoms with Crippen LogP contribution in [0.2, 0.25) is 10.0 Å². The summed E-state index contributed by atoms with van der Waals surface area (Å²) in [5, 5.41) is 12.6. The zero-order chi connectivity index (χ0) is 24.1. The lowest BCUT2D eigenvalue weighted by Crippen LogP contribution is -2.25. The number of nitrogens with one attached hydrogen (secondary N) is 1. The highest BCUT2D eigenvalue weighted by Gasteiger charge is 2.18. The highest BCUT2D eigenvalue weighted by Crippen LogP contribution is 2.25. The van der Waals surface area contributed by atoms with E-state index < -0.39 is 0 Å². The van der Waals surface area contributed by atoms with E-state index in [0.29, 0.717) is 26.6 Å². The van der Waals surface area contributed by atoms with Gasteiger partial charge >= 0.3 is 0 Å². The van der Waals surface area contributed by atoms with Crippen LogP contribution in [0, 0.1) is 0 Å². The number of thioether (sulfide) groups is 1. The van der Waals surface area contributed by atoms with E-state index in [1.54, 1.807) is 24.3 Å². The van der Waals surface area contributed by atoms with Gasteiger partial charge in [0.05, 0.1) is 22.9 Å². The van der Waals surface area contributed by atoms with Crippen LogP contribution in [-0.4, -0.2) is 32.2 Å². The molecule has 4 aromatic rings. The molecule has 0 aliphatic carbocycles. The SMILES string of the molecule is O=C(CSc1nnc(CNC(=O)c2cc(Cl)ccc2Cl)n1-c1ccc(Br)cc1)c1ccccc1. The number of amides is 1. The molecule has 6 nitrogen and oxygen atoms in total. The van der Waals surface area contributed by atoms with Crippen molar-refractivity contribution >= 4 is 62.6 Å². The number of carbonyl (C=O) groups is 2. The monoisotopic (exact) mass is 574 g/mol. The van der Waals surface area contributed by atoms with Crippen molar-refractivity contribution in [2.24, 2.45) is 0 Å². The number of halogens is 3. The average Bonchev–Trinajstić information content (AvgIpc) is 3.26. The molecule has 1 aromatic heterocycles. The molecule has 1 heterocycles. The van der Waals surface area contributed by atoms with Crippen molar-refractivity contribution in [1.82, 2.24) is 20.1 Å². The Balaban J connectivity index is 1.56. The number of ketones is 1. The summed E-state index contributed by atoms with van der Waals surface area (Å²) in [6.07, 6.45) is 0. The predicted octanol–water partition coefficient (Wildman–Crippen LogP) is 6.24. The number of Topliss-reactive ketones (excluding diaryl/α,β-unsaturated/α-hetero) is 1. The van der Waals surface area contributed by atoms with Crippen molar-refractivity contribution in [3.63, 3.8) is 0 Å². The molecule has 0 aliphatic rings. The van der Waals surface area contributed by atoms with Crippen molar-refractivity contribution in [3.8, 4) is 5.69 Å². The Labute approximate surface area is 218 Å². The van der Waals surface area contributed by atoms with Gasteiger partial charge in [0.25, 0.3) is 5.91 Å². The molecule has 0 fully saturated rings. The summed E-state index contributed by atoms with van der Waals surface area (Å²) in [7, 11) is 0. The van der Waals surface area contributed by atoms with Gasteiger partial charge in [0.2, 0.25) is 0 Å². The second-order valence-electron chi connectivity index (χ2n) is 7.10. The fraction of sp³-hybridized carbons (Fsp3) is 0.0833. The first-order valence-electron chi connectivity index (χ1n) is 10.1. The van der Waals surface area contributed by atoms with E-state index in [-0.39, 0.29) is 29.6 Å². The van der Waals surface area contributed by atoms with E-state index in [9.17, 15) is 9.59 Å². The minimum atomic E-state index is -0.383. The van der Waals surface area contributed by atoms with E-state index in [0.717, 1.165) is 10.2 Å². The van der Waals surface area contributed by atoms with Crippen molar-refractivity contribution in [2.75, 3.05) is 5.75 Å². The minimum absolute atomic E-state index is 0.0126. The molecule has 0 bridgehead atoms. The predicted molar refractivity (Wildman–Crippen MR) is 138 cm³/mol. The molecule has 172 valence electrons. The van der Waals surface area contributed by atoms with Gasteiger partial charge in [-0.1, -0.05) is 81.2 Å². The minimum Gasteiger partial charge on any atom is -0.345 e. The second kappa shape index (κ2) is 11.2. The van der Waals surface area contributed by atoms with Crippen molar-refractivity contribution in [1.29, 1.82) is 0 Å². The number of nitrogens with zero attached hydrogens (tertiary/aromatic N) is 3. The van der Waals surface area contributed by atoms with Crippen LogP contribution in [0.25, 0.3) is 5.69 Å². The lowest BCUT2D eigenvalue weighted by Gasteiger charge is -2.11. The van der Waals surface area contributed by atoms with Crippen LogP contribution in [0.3, 0.4) is 0 Å². The number of rotatable bonds is 8. The largest absolute Gasteiger partial charge is 0.345 e. The Morgan fingerprint density at radius 2 is 1.71 bits per heavy atom. The van der Waals surface area contributed by atoms with Crippen LogP contribution >= 0.6 is 50.9 Å². The van der Waals surface area contributed by atoms with Gasteiger partial charge in [0.1, 0.15) is 0 Å². The third kappa shape index (κ3) is 5.88. The molecule has 0 atom stereocenters. The molecule has 1 amide bonds. The number of carbonyl (C=O) groups excluding carboxylic acids is 2. The van der Waals surface area contributed by atoms with Crippen LogP contribution in [0.5, 0.6) is 0 Å². The third-order valence-corrected chi connectivity index (χ3v) is 6.82. The topological polar surface area (TPSA) is 76.9 Å². The third-order valence-electron chi connectivity index (χ3n) is 4.79. The smallest absolute Gasteiger partial charge is 0.253 e. The summed E-state index contributed by atoms with van der Waals surface area (Å²) >= 11 is 16.9. The molecular formula is C24H17BrCl2N4O2S. The molecule has 3 aromatic carbocycles. The van der Waals surface area contributed by atoms with Gasteiger partial charge in [-0.25, -0.2) is 0 Å². The first-order chi connectivity index (χ1) is 16.4. The first-order valence-corrected chi connectivity index (χ1v) is 12.6. The van der Waals surface area contributed by atoms with Crippen LogP contribution in [-0.2, 0) is 6.54 Å². The van der Waals surface area contributed by atoms with Gasteiger partial charge in [-0.05, 0) is 42.5 Å². The van der Waals surface area contributed by atoms with Gasteiger partial charge in [-0.15, -0.1) is 10.2 Å². The summed E-state index contributed by atoms with van der Waals surface area (Å²) in [6, 6.07) is 21.4. The molecule has 0 radical (unpaired) electrons. The van der Waals surface area contributed by atoms with E-state index >= 15 is 0 Å². The highest BCUT2D eigenvalue weighted by atomic mass is 79.9. The van der Waals surface area contributed by atoms with E-state index in [2.05, 4.69) is 31.4 Å². The normalized spacial score (nSPS) is 10.8. The maximum atomic E-state index is 12.7. The molecule has 34 heavy (non-hydrogen) atoms. The van der Waals surface area contributed by atoms with Crippen molar-refractivity contribution < 1.29 is 9.59 Å². The Morgan fingerprint density at radius 3 is 2.44 bits per heavy atom. The van der Waals surface area contributed by atoms with Crippen LogP contribution in [0.4, 0.5) is 0 Å². The Hall–Kier alpha value is -2.65. The van der Waals surface area contributed by atoms with Gasteiger partial charge in [-0.3, -0.25) is 14.2 Å². The Morgan fingerprint density at radius 1 is 0.971 bits per heavy atom. The lowest BCUT2D eigenvalue weighted by molar-refractivity contribution is 0.0949. The Bertz CT molecular complexity index is 1330. The maximum Gasteiger partial charge on any atom is 0.253 e. The number of hydrogen-bond acceptors (Lipinski definition) is 5. The van der Waals surface area contributed by atoms with Crippen LogP contribution in [0.15, 0.2) is 82.4 Å². The molecule has 4 rings (SSSR count). The van der Waals surface area contributed by atoms with Gasteiger partial charge in [0, 0.05) is 20.7 Å². The van der Waals surface area contributed by atoms with Gasteiger partial charge < -0.3 is 5.32 Å². The lowest BCUT2D eigenvalue weighted by atomic mass is 10.2. The molecular weight excluding hydrogens is 559 g/mol. The number of benzene rings is 3. The first kappa shape index (κ1) is 24.5. The quantitative estimate of drug-likeness (QED) is 0.199. The van der Waals surface area contributed by atoms with E-state index in [1.807, 2.05) is 47.0 Å². The average molecular weight is 576 g/mol. The second-order valence-corrected chi connectivity index (χ2v) is 9.80. The number of hydrogen-bond donors (Lipinski definition) is 1. The summed E-state index contributed by atoms with van der Waals surface area (Å²) in [4.78, 5) is 25.3. The standard InChI is InChI=1S/C24H17BrCl2N4O2S/c25-16-6-9-18(10-7-16)31-22(13-28-23(33)19-12-17(26)8-11-20(19)27)29-30-24(31)34-14-21(32)15-4-2-1-3-5-15/h1-12H,13-14H2,(H,28,33).